The van der Waals surface area contributed by atoms with Crippen LogP contribution in [0.3, 0.4) is 0 Å². The summed E-state index contributed by atoms with van der Waals surface area (Å²) in [5, 5.41) is 0. The van der Waals surface area contributed by atoms with Crippen LogP contribution in [0.2, 0.25) is 0 Å². The maximum Gasteiger partial charge on any atom is 0.0113 e. The van der Waals surface area contributed by atoms with E-state index in [1.54, 1.807) is 0 Å². The van der Waals surface area contributed by atoms with Crippen molar-refractivity contribution in [3.05, 3.63) is 0 Å². The third-order valence-corrected chi connectivity index (χ3v) is 5.09. The molecule has 0 aromatic heterocycles. The molecule has 16 heavy (non-hydrogen) atoms. The summed E-state index contributed by atoms with van der Waals surface area (Å²) < 4.78 is 0. The van der Waals surface area contributed by atoms with Crippen molar-refractivity contribution in [2.24, 2.45) is 17.6 Å². The fourth-order valence-electron chi connectivity index (χ4n) is 3.97. The Morgan fingerprint density at radius 2 is 1.75 bits per heavy atom. The van der Waals surface area contributed by atoms with E-state index in [2.05, 4.69) is 11.8 Å². The molecule has 0 aromatic carbocycles. The number of hydrogen-bond acceptors (Lipinski definition) is 2. The SMILES string of the molecule is CC(CN1C2CCCC1CC(N)C2)C1CC1. The third kappa shape index (κ3) is 2.14. The van der Waals surface area contributed by atoms with Crippen LogP contribution in [0, 0.1) is 11.8 Å². The van der Waals surface area contributed by atoms with Gasteiger partial charge in [-0.1, -0.05) is 13.3 Å². The number of nitrogens with zero attached hydrogens (tertiary/aromatic N) is 1. The molecule has 1 aliphatic carbocycles. The first-order valence-corrected chi connectivity index (χ1v) is 7.25. The lowest BCUT2D eigenvalue weighted by molar-refractivity contribution is 0.0180. The molecule has 3 rings (SSSR count). The van der Waals surface area contributed by atoms with E-state index in [1.165, 1.54) is 51.5 Å². The van der Waals surface area contributed by atoms with Crippen LogP contribution in [0.5, 0.6) is 0 Å². The van der Waals surface area contributed by atoms with Crippen molar-refractivity contribution in [2.75, 3.05) is 6.54 Å². The van der Waals surface area contributed by atoms with Gasteiger partial charge in [0.05, 0.1) is 0 Å². The van der Waals surface area contributed by atoms with Crippen molar-refractivity contribution >= 4 is 0 Å². The van der Waals surface area contributed by atoms with Crippen molar-refractivity contribution in [3.8, 4) is 0 Å². The zero-order chi connectivity index (χ0) is 11.1. The fraction of sp³-hybridized carbons (Fsp3) is 1.00. The Bertz CT molecular complexity index is 235. The van der Waals surface area contributed by atoms with E-state index < -0.39 is 0 Å². The molecular formula is C14H26N2. The van der Waals surface area contributed by atoms with Gasteiger partial charge in [-0.3, -0.25) is 4.90 Å². The van der Waals surface area contributed by atoms with Crippen molar-refractivity contribution in [1.82, 2.24) is 4.90 Å². The van der Waals surface area contributed by atoms with Crippen molar-refractivity contribution in [1.29, 1.82) is 0 Å². The highest BCUT2D eigenvalue weighted by Crippen LogP contribution is 2.40. The summed E-state index contributed by atoms with van der Waals surface area (Å²) >= 11 is 0. The van der Waals surface area contributed by atoms with Crippen LogP contribution in [-0.4, -0.2) is 29.6 Å². The van der Waals surface area contributed by atoms with Gasteiger partial charge in [0.15, 0.2) is 0 Å². The lowest BCUT2D eigenvalue weighted by Crippen LogP contribution is -2.56. The molecule has 2 bridgehead atoms. The van der Waals surface area contributed by atoms with E-state index >= 15 is 0 Å². The lowest BCUT2D eigenvalue weighted by atomic mass is 9.81. The molecule has 2 aliphatic heterocycles. The Kier molecular flexibility index (Phi) is 2.97. The number of rotatable bonds is 3. The molecule has 2 heterocycles. The maximum atomic E-state index is 6.16. The highest BCUT2D eigenvalue weighted by Gasteiger charge is 2.39. The van der Waals surface area contributed by atoms with Crippen molar-refractivity contribution in [2.45, 2.75) is 70.0 Å². The van der Waals surface area contributed by atoms with Gasteiger partial charge in [-0.05, 0) is 50.4 Å². The minimum atomic E-state index is 0.489. The Labute approximate surface area is 99.6 Å². The minimum absolute atomic E-state index is 0.489. The summed E-state index contributed by atoms with van der Waals surface area (Å²) in [6, 6.07) is 2.13. The molecule has 1 saturated carbocycles. The average Bonchev–Trinajstić information content (AvgIpc) is 3.02. The molecule has 0 spiro atoms. The topological polar surface area (TPSA) is 29.3 Å². The van der Waals surface area contributed by atoms with Gasteiger partial charge in [-0.15, -0.1) is 0 Å². The summed E-state index contributed by atoms with van der Waals surface area (Å²) in [4.78, 5) is 2.83. The summed E-state index contributed by atoms with van der Waals surface area (Å²) in [7, 11) is 0. The van der Waals surface area contributed by atoms with Gasteiger partial charge >= 0.3 is 0 Å². The van der Waals surface area contributed by atoms with Crippen LogP contribution >= 0.6 is 0 Å². The molecular weight excluding hydrogens is 196 g/mol. The highest BCUT2D eigenvalue weighted by atomic mass is 15.2. The molecule has 3 unspecified atom stereocenters. The second-order valence-electron chi connectivity index (χ2n) is 6.48. The summed E-state index contributed by atoms with van der Waals surface area (Å²) in [5.74, 6) is 1.98. The number of hydrogen-bond donors (Lipinski definition) is 1. The van der Waals surface area contributed by atoms with Crippen LogP contribution < -0.4 is 5.73 Å². The largest absolute Gasteiger partial charge is 0.328 e. The van der Waals surface area contributed by atoms with Gasteiger partial charge in [-0.2, -0.15) is 0 Å². The van der Waals surface area contributed by atoms with E-state index in [9.17, 15) is 0 Å². The van der Waals surface area contributed by atoms with E-state index in [1.807, 2.05) is 0 Å². The molecule has 2 N–H and O–H groups in total. The van der Waals surface area contributed by atoms with Gasteiger partial charge in [-0.25, -0.2) is 0 Å². The van der Waals surface area contributed by atoms with Crippen LogP contribution in [0.25, 0.3) is 0 Å². The lowest BCUT2D eigenvalue weighted by Gasteiger charge is -2.49. The van der Waals surface area contributed by atoms with E-state index in [-0.39, 0.29) is 0 Å². The molecule has 2 nitrogen and oxygen atoms in total. The molecule has 2 heteroatoms. The molecule has 92 valence electrons. The zero-order valence-electron chi connectivity index (χ0n) is 10.6. The molecule has 3 atom stereocenters. The van der Waals surface area contributed by atoms with Crippen molar-refractivity contribution < 1.29 is 0 Å². The first kappa shape index (κ1) is 11.0. The second-order valence-corrected chi connectivity index (χ2v) is 6.48. The molecule has 2 saturated heterocycles. The standard InChI is InChI=1S/C14H26N2/c1-10(11-5-6-11)9-16-13-3-2-4-14(16)8-12(15)7-13/h10-14H,2-9,15H2,1H3. The van der Waals surface area contributed by atoms with Crippen LogP contribution in [0.15, 0.2) is 0 Å². The molecule has 0 aromatic rings. The van der Waals surface area contributed by atoms with E-state index in [0.29, 0.717) is 6.04 Å². The fourth-order valence-corrected chi connectivity index (χ4v) is 3.97. The number of nitrogens with two attached hydrogens (primary N) is 1. The molecule has 3 fully saturated rings. The molecule has 3 aliphatic rings. The predicted molar refractivity (Wildman–Crippen MR) is 67.2 cm³/mol. The maximum absolute atomic E-state index is 6.16. The number of piperidine rings is 2. The van der Waals surface area contributed by atoms with Crippen LogP contribution in [0.1, 0.15) is 51.9 Å². The van der Waals surface area contributed by atoms with E-state index in [0.717, 1.165) is 23.9 Å². The van der Waals surface area contributed by atoms with Gasteiger partial charge in [0, 0.05) is 24.7 Å². The highest BCUT2D eigenvalue weighted by molar-refractivity contribution is 4.95. The smallest absolute Gasteiger partial charge is 0.0113 e. The van der Waals surface area contributed by atoms with Gasteiger partial charge in [0.1, 0.15) is 0 Å². The first-order valence-electron chi connectivity index (χ1n) is 7.25. The minimum Gasteiger partial charge on any atom is -0.328 e. The van der Waals surface area contributed by atoms with Gasteiger partial charge in [0.25, 0.3) is 0 Å². The van der Waals surface area contributed by atoms with Gasteiger partial charge in [0.2, 0.25) is 0 Å². The zero-order valence-corrected chi connectivity index (χ0v) is 10.6. The first-order chi connectivity index (χ1) is 7.74. The average molecular weight is 222 g/mol. The predicted octanol–water partition coefficient (Wildman–Crippen LogP) is 2.38. The normalized spacial score (nSPS) is 42.0. The van der Waals surface area contributed by atoms with E-state index in [4.69, 9.17) is 5.73 Å². The Morgan fingerprint density at radius 1 is 1.12 bits per heavy atom. The van der Waals surface area contributed by atoms with Crippen LogP contribution in [-0.2, 0) is 0 Å². The Hall–Kier alpha value is -0.0800. The molecule has 0 radical (unpaired) electrons. The number of fused-ring (bicyclic) bond motifs is 2. The molecule has 0 amide bonds. The Balaban J connectivity index is 1.63. The summed E-state index contributed by atoms with van der Waals surface area (Å²) in [6.45, 7) is 3.81. The summed E-state index contributed by atoms with van der Waals surface area (Å²) in [6.07, 6.45) is 9.75. The van der Waals surface area contributed by atoms with Crippen molar-refractivity contribution in [3.63, 3.8) is 0 Å². The Morgan fingerprint density at radius 3 is 2.31 bits per heavy atom. The second kappa shape index (κ2) is 4.30. The third-order valence-electron chi connectivity index (χ3n) is 5.09. The summed E-state index contributed by atoms with van der Waals surface area (Å²) in [5.41, 5.74) is 6.16. The van der Waals surface area contributed by atoms with Gasteiger partial charge < -0.3 is 5.73 Å². The quantitative estimate of drug-likeness (QED) is 0.794. The van der Waals surface area contributed by atoms with Crippen LogP contribution in [0.4, 0.5) is 0 Å². The monoisotopic (exact) mass is 222 g/mol.